The number of pyridine rings is 1. The smallest absolute Gasteiger partial charge is 0.259 e. The van der Waals surface area contributed by atoms with E-state index in [-0.39, 0.29) is 26.7 Å². The molecule has 15 heteroatoms. The lowest BCUT2D eigenvalue weighted by atomic mass is 9.85. The molecule has 0 amide bonds. The summed E-state index contributed by atoms with van der Waals surface area (Å²) in [4.78, 5) is 39.1. The number of aromatic hydroxyl groups is 1. The fraction of sp³-hybridized carbons (Fsp3) is 0.205. The minimum Gasteiger partial charge on any atom is -0.859 e. The van der Waals surface area contributed by atoms with E-state index in [1.807, 2.05) is 18.3 Å². The average molecular weight is 802 g/mol. The number of likely N-dealkylation sites (tertiary alicyclic amines) is 1. The zero-order chi connectivity index (χ0) is 38.1. The largest absolute Gasteiger partial charge is 0.859 e. The Bertz CT molecular complexity index is 2450. The van der Waals surface area contributed by atoms with Gasteiger partial charge in [0.15, 0.2) is 9.54 Å². The van der Waals surface area contributed by atoms with E-state index < -0.39 is 28.8 Å². The Kier molecular flexibility index (Phi) is 10.9. The summed E-state index contributed by atoms with van der Waals surface area (Å²) in [5.74, 6) is -2.18. The normalized spacial score (nSPS) is 16.2. The van der Waals surface area contributed by atoms with Gasteiger partial charge in [-0.2, -0.15) is 0 Å². The van der Waals surface area contributed by atoms with E-state index in [2.05, 4.69) is 21.0 Å². The average Bonchev–Trinajstić information content (AvgIpc) is 3.16. The van der Waals surface area contributed by atoms with Gasteiger partial charge in [0, 0.05) is 51.2 Å². The van der Waals surface area contributed by atoms with E-state index >= 15 is 0 Å². The van der Waals surface area contributed by atoms with Crippen LogP contribution >= 0.6 is 47.6 Å². The van der Waals surface area contributed by atoms with Crippen LogP contribution in [0, 0.1) is 9.54 Å². The van der Waals surface area contributed by atoms with Crippen molar-refractivity contribution in [3.8, 4) is 28.9 Å². The van der Waals surface area contributed by atoms with E-state index in [1.54, 1.807) is 74.0 Å². The van der Waals surface area contributed by atoms with Crippen LogP contribution in [0.4, 0.5) is 0 Å². The van der Waals surface area contributed by atoms with Gasteiger partial charge in [-0.1, -0.05) is 35.3 Å². The first-order chi connectivity index (χ1) is 26.0. The van der Waals surface area contributed by atoms with E-state index in [1.165, 1.54) is 9.47 Å². The first-order valence-electron chi connectivity index (χ1n) is 17.1. The SMILES string of the molecule is COc1ccc(C(c2c([O-])n(-c3ccc(Cl)cc3)c(=S)[nH]c2=O)c2c(O)n(-c3ccc(Cl)cc3)c(=S)[nH]c2=O)cc1C[NH+]1CCCCC1c1cccnc1. The highest BCUT2D eigenvalue weighted by Crippen LogP contribution is 2.39. The number of quaternary nitrogens is 1. The molecule has 7 rings (SSSR count). The Morgan fingerprint density at radius 2 is 1.56 bits per heavy atom. The van der Waals surface area contributed by atoms with Crippen LogP contribution in [0.5, 0.6) is 17.5 Å². The lowest BCUT2D eigenvalue weighted by molar-refractivity contribution is -0.950. The number of piperidine rings is 1. The molecule has 276 valence electrons. The molecule has 0 saturated carbocycles. The Morgan fingerprint density at radius 3 is 2.19 bits per heavy atom. The van der Waals surface area contributed by atoms with E-state index in [9.17, 15) is 19.8 Å². The summed E-state index contributed by atoms with van der Waals surface area (Å²) in [5, 5.41) is 27.6. The van der Waals surface area contributed by atoms with Crippen LogP contribution in [0.3, 0.4) is 0 Å². The number of H-pyrrole nitrogens is 2. The van der Waals surface area contributed by atoms with Crippen molar-refractivity contribution < 1.29 is 19.8 Å². The van der Waals surface area contributed by atoms with Gasteiger partial charge >= 0.3 is 0 Å². The van der Waals surface area contributed by atoms with Crippen molar-refractivity contribution in [2.45, 2.75) is 37.8 Å². The standard InChI is InChI=1S/C39H34Cl2N6O5S2/c1-52-30-16-7-22(19-24(30)21-45-18-3-2-6-29(45)23-5-4-17-42-20-23)31(32-34(48)43-38(53)46(36(32)50)27-12-8-25(40)9-13-27)33-35(49)44-39(54)47(37(33)51)28-14-10-26(41)11-15-28/h4-5,7-17,19-20,29,31,50-51H,2-3,6,18,21H2,1H3,(H,43,48,53)(H,44,49,54). The van der Waals surface area contributed by atoms with Crippen molar-refractivity contribution in [3.63, 3.8) is 0 Å². The molecule has 0 radical (unpaired) electrons. The van der Waals surface area contributed by atoms with Crippen molar-refractivity contribution in [2.75, 3.05) is 13.7 Å². The van der Waals surface area contributed by atoms with Gasteiger partial charge in [-0.25, -0.2) is 0 Å². The number of aromatic nitrogens is 5. The fourth-order valence-corrected chi connectivity index (χ4v) is 8.17. The summed E-state index contributed by atoms with van der Waals surface area (Å²) in [5.41, 5.74) is 0.765. The molecule has 1 aliphatic rings. The number of nitrogens with zero attached hydrogens (tertiary/aromatic N) is 3. The van der Waals surface area contributed by atoms with Crippen molar-refractivity contribution in [1.29, 1.82) is 0 Å². The first kappa shape index (κ1) is 37.3. The van der Waals surface area contributed by atoms with Gasteiger partial charge in [-0.05, 0) is 115 Å². The van der Waals surface area contributed by atoms with Crippen LogP contribution in [0.2, 0.25) is 10.0 Å². The van der Waals surface area contributed by atoms with E-state index in [0.717, 1.165) is 41.5 Å². The molecule has 3 aromatic heterocycles. The quantitative estimate of drug-likeness (QED) is 0.129. The second kappa shape index (κ2) is 15.7. The molecule has 3 atom stereocenters. The molecule has 4 heterocycles. The lowest BCUT2D eigenvalue weighted by Gasteiger charge is -2.33. The molecule has 3 unspecified atom stereocenters. The second-order valence-corrected chi connectivity index (χ2v) is 14.7. The molecule has 0 spiro atoms. The van der Waals surface area contributed by atoms with Crippen LogP contribution in [0.15, 0.2) is 101 Å². The fourth-order valence-electron chi connectivity index (χ4n) is 7.35. The first-order valence-corrected chi connectivity index (χ1v) is 18.7. The number of hydrogen-bond acceptors (Lipinski definition) is 8. The van der Waals surface area contributed by atoms with Crippen LogP contribution in [0.25, 0.3) is 11.4 Å². The predicted octanol–water partition coefficient (Wildman–Crippen LogP) is 6.08. The summed E-state index contributed by atoms with van der Waals surface area (Å²) < 4.78 is 7.99. The van der Waals surface area contributed by atoms with Gasteiger partial charge in [0.2, 0.25) is 5.88 Å². The number of ether oxygens (including phenoxy) is 1. The van der Waals surface area contributed by atoms with Gasteiger partial charge in [-0.3, -0.25) is 29.1 Å². The van der Waals surface area contributed by atoms with Gasteiger partial charge in [0.25, 0.3) is 11.1 Å². The second-order valence-electron chi connectivity index (χ2n) is 13.0. The number of nitrogens with one attached hydrogen (secondary N) is 3. The predicted molar refractivity (Wildman–Crippen MR) is 210 cm³/mol. The Balaban J connectivity index is 1.47. The summed E-state index contributed by atoms with van der Waals surface area (Å²) >= 11 is 23.3. The van der Waals surface area contributed by atoms with Gasteiger partial charge in [0.1, 0.15) is 18.3 Å². The van der Waals surface area contributed by atoms with Gasteiger partial charge in [0.05, 0.1) is 30.8 Å². The minimum absolute atomic E-state index is 0.110. The number of aromatic amines is 2. The molecule has 1 aliphatic heterocycles. The molecule has 3 aromatic carbocycles. The minimum atomic E-state index is -1.41. The highest BCUT2D eigenvalue weighted by atomic mass is 35.5. The van der Waals surface area contributed by atoms with Crippen molar-refractivity contribution >= 4 is 47.6 Å². The molecule has 1 saturated heterocycles. The number of halogens is 2. The Hall–Kier alpha value is -5.05. The van der Waals surface area contributed by atoms with E-state index in [0.29, 0.717) is 39.3 Å². The third-order valence-electron chi connectivity index (χ3n) is 9.85. The lowest BCUT2D eigenvalue weighted by Crippen LogP contribution is -3.11. The van der Waals surface area contributed by atoms with Crippen LogP contribution in [0.1, 0.15) is 59.0 Å². The van der Waals surface area contributed by atoms with Gasteiger partial charge in [-0.15, -0.1) is 0 Å². The monoisotopic (exact) mass is 800 g/mol. The summed E-state index contributed by atoms with van der Waals surface area (Å²) in [6, 6.07) is 22.2. The molecule has 54 heavy (non-hydrogen) atoms. The van der Waals surface area contributed by atoms with Crippen LogP contribution in [-0.2, 0) is 6.54 Å². The van der Waals surface area contributed by atoms with Crippen molar-refractivity contribution in [1.82, 2.24) is 24.1 Å². The molecule has 11 nitrogen and oxygen atoms in total. The number of hydrogen-bond donors (Lipinski definition) is 4. The maximum absolute atomic E-state index is 14.7. The third kappa shape index (κ3) is 7.25. The number of rotatable bonds is 9. The molecule has 0 aliphatic carbocycles. The zero-order valence-corrected chi connectivity index (χ0v) is 32.0. The molecule has 4 N–H and O–H groups in total. The highest BCUT2D eigenvalue weighted by molar-refractivity contribution is 7.71. The maximum Gasteiger partial charge on any atom is 0.259 e. The maximum atomic E-state index is 14.7. The summed E-state index contributed by atoms with van der Waals surface area (Å²) in [6.07, 6.45) is 6.74. The Morgan fingerprint density at radius 1 is 0.926 bits per heavy atom. The number of benzene rings is 3. The Labute approximate surface area is 329 Å². The van der Waals surface area contributed by atoms with Crippen LogP contribution < -0.4 is 25.9 Å². The molecular formula is C39H34Cl2N6O5S2. The molecule has 1 fully saturated rings. The summed E-state index contributed by atoms with van der Waals surface area (Å²) in [6.45, 7) is 1.42. The zero-order valence-electron chi connectivity index (χ0n) is 28.8. The van der Waals surface area contributed by atoms with Gasteiger partial charge < -0.3 is 24.4 Å². The molecule has 6 aromatic rings. The number of methoxy groups -OCH3 is 1. The molecule has 0 bridgehead atoms. The summed E-state index contributed by atoms with van der Waals surface area (Å²) in [7, 11) is 1.58. The van der Waals surface area contributed by atoms with E-state index in [4.69, 9.17) is 52.4 Å². The topological polar surface area (TPSA) is 145 Å². The molecular weight excluding hydrogens is 768 g/mol. The van der Waals surface area contributed by atoms with Crippen molar-refractivity contribution in [2.24, 2.45) is 0 Å². The van der Waals surface area contributed by atoms with Crippen LogP contribution in [-0.4, -0.2) is 42.8 Å². The third-order valence-corrected chi connectivity index (χ3v) is 10.9. The highest BCUT2D eigenvalue weighted by Gasteiger charge is 2.33. The van der Waals surface area contributed by atoms with Crippen molar-refractivity contribution in [3.05, 3.63) is 159 Å².